The van der Waals surface area contributed by atoms with E-state index in [1.165, 1.54) is 15.8 Å². The van der Waals surface area contributed by atoms with Crippen LogP contribution in [0.15, 0.2) is 83.9 Å². The molecule has 0 aliphatic carbocycles. The van der Waals surface area contributed by atoms with E-state index in [0.29, 0.717) is 11.3 Å². The molecule has 1 aliphatic rings. The number of thioether (sulfide) groups is 1. The third kappa shape index (κ3) is 4.60. The minimum atomic E-state index is 0.346. The maximum atomic E-state index is 4.97. The highest BCUT2D eigenvalue weighted by Gasteiger charge is 2.29. The maximum Gasteiger partial charge on any atom is 0.183 e. The van der Waals surface area contributed by atoms with Crippen molar-refractivity contribution in [3.05, 3.63) is 90.0 Å². The smallest absolute Gasteiger partial charge is 0.183 e. The first-order valence-corrected chi connectivity index (χ1v) is 12.2. The molecule has 1 saturated heterocycles. The predicted molar refractivity (Wildman–Crippen MR) is 135 cm³/mol. The molecule has 3 aromatic carbocycles. The molecule has 4 nitrogen and oxygen atoms in total. The lowest BCUT2D eigenvalue weighted by atomic mass is 10.1. The van der Waals surface area contributed by atoms with E-state index < -0.39 is 0 Å². The van der Waals surface area contributed by atoms with E-state index in [1.807, 2.05) is 17.8 Å². The van der Waals surface area contributed by atoms with Crippen molar-refractivity contribution in [2.75, 3.05) is 11.9 Å². The molecule has 0 amide bonds. The van der Waals surface area contributed by atoms with Crippen molar-refractivity contribution in [3.8, 4) is 0 Å². The molecule has 1 aromatic heterocycles. The summed E-state index contributed by atoms with van der Waals surface area (Å²) in [5.41, 5.74) is 4.66. The first-order chi connectivity index (χ1) is 15.3. The molecule has 0 radical (unpaired) electrons. The van der Waals surface area contributed by atoms with Gasteiger partial charge in [-0.25, -0.2) is 9.98 Å². The highest BCUT2D eigenvalue weighted by atomic mass is 32.2. The van der Waals surface area contributed by atoms with Crippen LogP contribution >= 0.6 is 23.1 Å². The molecule has 31 heavy (non-hydrogen) atoms. The van der Waals surface area contributed by atoms with Gasteiger partial charge in [-0.1, -0.05) is 83.8 Å². The number of aliphatic imine (C=N–C) groups is 1. The van der Waals surface area contributed by atoms with Crippen molar-refractivity contribution in [2.45, 2.75) is 24.6 Å². The average molecular weight is 445 g/mol. The summed E-state index contributed by atoms with van der Waals surface area (Å²) in [7, 11) is 0. The summed E-state index contributed by atoms with van der Waals surface area (Å²) >= 11 is 3.51. The van der Waals surface area contributed by atoms with Crippen molar-refractivity contribution < 1.29 is 0 Å². The zero-order chi connectivity index (χ0) is 21.0. The topological polar surface area (TPSA) is 49.3 Å². The van der Waals surface area contributed by atoms with Crippen LogP contribution in [0.25, 0.3) is 10.2 Å². The number of rotatable bonds is 6. The molecule has 0 saturated carbocycles. The van der Waals surface area contributed by atoms with E-state index in [0.717, 1.165) is 34.5 Å². The quantitative estimate of drug-likeness (QED) is 0.361. The largest absolute Gasteiger partial charge is 0.361 e. The summed E-state index contributed by atoms with van der Waals surface area (Å²) in [5.74, 6) is 0. The van der Waals surface area contributed by atoms with Gasteiger partial charge in [0.05, 0.1) is 21.2 Å². The van der Waals surface area contributed by atoms with Gasteiger partial charge in [0, 0.05) is 12.6 Å². The summed E-state index contributed by atoms with van der Waals surface area (Å²) in [6.45, 7) is 3.05. The van der Waals surface area contributed by atoms with Gasteiger partial charge in [0.1, 0.15) is 0 Å². The number of nitrogens with zero attached hydrogens (tertiary/aromatic N) is 2. The Labute approximate surface area is 190 Å². The number of thiazole rings is 1. The second-order valence-electron chi connectivity index (χ2n) is 7.59. The Kier molecular flexibility index (Phi) is 5.91. The summed E-state index contributed by atoms with van der Waals surface area (Å²) in [6, 6.07) is 27.7. The molecule has 2 atom stereocenters. The van der Waals surface area contributed by atoms with E-state index in [1.54, 1.807) is 11.3 Å². The van der Waals surface area contributed by atoms with Crippen molar-refractivity contribution in [1.29, 1.82) is 0 Å². The van der Waals surface area contributed by atoms with Crippen LogP contribution in [0.4, 0.5) is 10.8 Å². The Bertz CT molecular complexity index is 1170. The molecule has 5 rings (SSSR count). The molecular formula is C25H24N4S2. The van der Waals surface area contributed by atoms with E-state index in [-0.39, 0.29) is 0 Å². The molecule has 1 unspecified atom stereocenters. The first kappa shape index (κ1) is 20.1. The van der Waals surface area contributed by atoms with Gasteiger partial charge in [-0.2, -0.15) is 0 Å². The normalized spacial score (nSPS) is 19.6. The van der Waals surface area contributed by atoms with Gasteiger partial charge >= 0.3 is 0 Å². The number of hydrogen-bond acceptors (Lipinski definition) is 5. The van der Waals surface area contributed by atoms with Gasteiger partial charge in [0.2, 0.25) is 0 Å². The molecule has 2 heterocycles. The van der Waals surface area contributed by atoms with E-state index in [9.17, 15) is 0 Å². The zero-order valence-corrected chi connectivity index (χ0v) is 18.9. The maximum absolute atomic E-state index is 4.97. The van der Waals surface area contributed by atoms with Crippen LogP contribution in [0.3, 0.4) is 0 Å². The second-order valence-corrected chi connectivity index (χ2v) is 9.75. The van der Waals surface area contributed by atoms with Crippen LogP contribution in [0.2, 0.25) is 0 Å². The summed E-state index contributed by atoms with van der Waals surface area (Å²) in [4.78, 5) is 9.63. The number of fused-ring (bicyclic) bond motifs is 1. The lowest BCUT2D eigenvalue weighted by Crippen LogP contribution is -2.24. The third-order valence-corrected chi connectivity index (χ3v) is 7.71. The number of amidine groups is 1. The molecule has 6 heteroatoms. The fourth-order valence-electron chi connectivity index (χ4n) is 3.78. The van der Waals surface area contributed by atoms with Crippen LogP contribution in [0.5, 0.6) is 0 Å². The lowest BCUT2D eigenvalue weighted by molar-refractivity contribution is 0.671. The van der Waals surface area contributed by atoms with Gasteiger partial charge in [0.25, 0.3) is 0 Å². The Morgan fingerprint density at radius 2 is 1.74 bits per heavy atom. The minimum Gasteiger partial charge on any atom is -0.361 e. The molecule has 0 spiro atoms. The van der Waals surface area contributed by atoms with Crippen molar-refractivity contribution in [1.82, 2.24) is 10.3 Å². The predicted octanol–water partition coefficient (Wildman–Crippen LogP) is 6.40. The number of aromatic nitrogens is 1. The van der Waals surface area contributed by atoms with Crippen molar-refractivity contribution in [2.24, 2.45) is 4.99 Å². The average Bonchev–Trinajstić information content (AvgIpc) is 3.38. The van der Waals surface area contributed by atoms with Crippen molar-refractivity contribution in [3.63, 3.8) is 0 Å². The zero-order valence-electron chi connectivity index (χ0n) is 17.3. The third-order valence-electron chi connectivity index (χ3n) is 5.35. The van der Waals surface area contributed by atoms with Gasteiger partial charge < -0.3 is 10.6 Å². The monoisotopic (exact) mass is 444 g/mol. The number of hydrogen-bond donors (Lipinski definition) is 2. The lowest BCUT2D eigenvalue weighted by Gasteiger charge is -2.12. The minimum absolute atomic E-state index is 0.346. The SMILES string of the molecule is C[C@@H]1N/C(=N\c2ccccc2CCNc2nc3ccccc3s2)SC1c1ccccc1. The fraction of sp³-hybridized carbons (Fsp3) is 0.200. The number of anilines is 1. The van der Waals surface area contributed by atoms with Gasteiger partial charge in [-0.3, -0.25) is 0 Å². The van der Waals surface area contributed by atoms with Gasteiger partial charge in [-0.05, 0) is 42.7 Å². The van der Waals surface area contributed by atoms with Crippen LogP contribution in [-0.4, -0.2) is 22.7 Å². The Balaban J connectivity index is 1.27. The Morgan fingerprint density at radius 3 is 2.61 bits per heavy atom. The van der Waals surface area contributed by atoms with Crippen LogP contribution < -0.4 is 10.6 Å². The number of benzene rings is 3. The van der Waals surface area contributed by atoms with Gasteiger partial charge in [-0.15, -0.1) is 0 Å². The molecule has 0 bridgehead atoms. The number of para-hydroxylation sites is 2. The first-order valence-electron chi connectivity index (χ1n) is 10.5. The summed E-state index contributed by atoms with van der Waals surface area (Å²) < 4.78 is 1.21. The second kappa shape index (κ2) is 9.12. The Hall–Kier alpha value is -2.83. The highest BCUT2D eigenvalue weighted by Crippen LogP contribution is 2.38. The fourth-order valence-corrected chi connectivity index (χ4v) is 5.88. The molecule has 156 valence electrons. The van der Waals surface area contributed by atoms with E-state index in [2.05, 4.69) is 95.3 Å². The van der Waals surface area contributed by atoms with E-state index >= 15 is 0 Å². The van der Waals surface area contributed by atoms with Crippen molar-refractivity contribution >= 4 is 49.3 Å². The highest BCUT2D eigenvalue weighted by molar-refractivity contribution is 8.14. The standard InChI is InChI=1S/C25H24N4S2/c1-17-23(19-10-3-2-4-11-19)31-25(27-17)28-20-12-6-5-9-18(20)15-16-26-24-29-21-13-7-8-14-22(21)30-24/h2-14,17,23H,15-16H2,1H3,(H,26,29)(H,27,28)/t17-,23?/m0/s1. The van der Waals surface area contributed by atoms with Crippen LogP contribution in [-0.2, 0) is 6.42 Å². The Morgan fingerprint density at radius 1 is 0.968 bits per heavy atom. The van der Waals surface area contributed by atoms with Crippen LogP contribution in [0, 0.1) is 0 Å². The van der Waals surface area contributed by atoms with E-state index in [4.69, 9.17) is 4.99 Å². The molecule has 2 N–H and O–H groups in total. The van der Waals surface area contributed by atoms with Gasteiger partial charge in [0.15, 0.2) is 10.3 Å². The summed E-state index contributed by atoms with van der Waals surface area (Å²) in [6.07, 6.45) is 0.894. The molecule has 1 aliphatic heterocycles. The summed E-state index contributed by atoms with van der Waals surface area (Å²) in [5, 5.41) is 9.39. The molecule has 4 aromatic rings. The van der Waals surface area contributed by atoms with Crippen LogP contribution in [0.1, 0.15) is 23.3 Å². The molecular weight excluding hydrogens is 420 g/mol. The number of nitrogens with one attached hydrogen (secondary N) is 2. The molecule has 1 fully saturated rings.